The number of hydrogen-bond acceptors (Lipinski definition) is 6. The minimum atomic E-state index is 0.0719. The zero-order valence-corrected chi connectivity index (χ0v) is 19.5. The molecule has 0 radical (unpaired) electrons. The van der Waals surface area contributed by atoms with E-state index >= 15 is 0 Å². The monoisotopic (exact) mass is 443 g/mol. The number of unbranched alkanes of at least 4 members (excludes halogenated alkanes) is 1. The van der Waals surface area contributed by atoms with Crippen LogP contribution in [0.15, 0.2) is 35.5 Å². The highest BCUT2D eigenvalue weighted by atomic mass is 16.6. The number of aliphatic imine (C=N–C) groups is 1. The van der Waals surface area contributed by atoms with Crippen molar-refractivity contribution in [2.24, 2.45) is 4.99 Å². The van der Waals surface area contributed by atoms with Gasteiger partial charge in [0.1, 0.15) is 13.2 Å². The first-order valence-electron chi connectivity index (χ1n) is 11.7. The predicted molar refractivity (Wildman–Crippen MR) is 126 cm³/mol. The molecule has 2 aliphatic heterocycles. The van der Waals surface area contributed by atoms with Crippen LogP contribution in [-0.4, -0.2) is 62.7 Å². The Morgan fingerprint density at radius 3 is 2.62 bits per heavy atom. The summed E-state index contributed by atoms with van der Waals surface area (Å²) in [4.78, 5) is 19.4. The predicted octanol–water partition coefficient (Wildman–Crippen LogP) is 3.72. The molecule has 1 aromatic rings. The maximum Gasteiger partial charge on any atom is 0.220 e. The number of methoxy groups -OCH3 is 1. The van der Waals surface area contributed by atoms with Gasteiger partial charge in [-0.15, -0.1) is 0 Å². The molecule has 0 saturated carbocycles. The summed E-state index contributed by atoms with van der Waals surface area (Å²) >= 11 is 0. The van der Waals surface area contributed by atoms with Crippen molar-refractivity contribution in [1.82, 2.24) is 10.2 Å². The van der Waals surface area contributed by atoms with Crippen molar-refractivity contribution >= 4 is 11.8 Å². The number of nitrogens with zero attached hydrogens (tertiary/aromatic N) is 2. The molecule has 1 saturated heterocycles. The van der Waals surface area contributed by atoms with Crippen molar-refractivity contribution in [3.05, 3.63) is 36.0 Å². The molecule has 2 aliphatic rings. The van der Waals surface area contributed by atoms with Gasteiger partial charge in [0.05, 0.1) is 7.11 Å². The van der Waals surface area contributed by atoms with Gasteiger partial charge in [-0.2, -0.15) is 0 Å². The second kappa shape index (κ2) is 12.5. The van der Waals surface area contributed by atoms with Crippen LogP contribution in [0.1, 0.15) is 51.0 Å². The van der Waals surface area contributed by atoms with E-state index < -0.39 is 0 Å². The zero-order chi connectivity index (χ0) is 22.8. The first-order chi connectivity index (χ1) is 15.5. The summed E-state index contributed by atoms with van der Waals surface area (Å²) in [6.07, 6.45) is 6.11. The summed E-state index contributed by atoms with van der Waals surface area (Å²) in [5.74, 6) is 2.36. The lowest BCUT2D eigenvalue weighted by Crippen LogP contribution is -2.44. The average molecular weight is 444 g/mol. The fourth-order valence-corrected chi connectivity index (χ4v) is 4.22. The highest BCUT2D eigenvalue weighted by Gasteiger charge is 2.21. The van der Waals surface area contributed by atoms with Crippen LogP contribution in [0, 0.1) is 0 Å². The number of benzene rings is 1. The Balaban J connectivity index is 1.52. The van der Waals surface area contributed by atoms with E-state index in [1.165, 1.54) is 12.8 Å². The van der Waals surface area contributed by atoms with E-state index in [-0.39, 0.29) is 11.9 Å². The molecule has 3 rings (SSSR count). The molecule has 0 bridgehead atoms. The standard InChI is InChI=1S/C25H37N3O4/c1-19(2)26-25(30-3)9-5-4-8-24(29)27-21(18-28-12-6-7-13-28)16-20-10-11-22-23(17-20)32-15-14-31-22/h10-11,17,21H,1,4-9,12-16,18H2,2-3H3,(H,27,29)/t21-/m0/s1. The van der Waals surface area contributed by atoms with Gasteiger partial charge in [0.15, 0.2) is 17.4 Å². The maximum atomic E-state index is 12.7. The summed E-state index contributed by atoms with van der Waals surface area (Å²) in [7, 11) is 1.62. The minimum absolute atomic E-state index is 0.0719. The Morgan fingerprint density at radius 1 is 1.19 bits per heavy atom. The Morgan fingerprint density at radius 2 is 1.91 bits per heavy atom. The largest absolute Gasteiger partial charge is 0.486 e. The van der Waals surface area contributed by atoms with Gasteiger partial charge in [-0.25, -0.2) is 4.99 Å². The molecule has 1 fully saturated rings. The molecule has 7 nitrogen and oxygen atoms in total. The molecular weight excluding hydrogens is 406 g/mol. The molecule has 32 heavy (non-hydrogen) atoms. The van der Waals surface area contributed by atoms with Crippen LogP contribution in [0.3, 0.4) is 0 Å². The third-order valence-electron chi connectivity index (χ3n) is 5.73. The molecule has 1 N–H and O–H groups in total. The summed E-state index contributed by atoms with van der Waals surface area (Å²) in [6, 6.07) is 6.16. The fourth-order valence-electron chi connectivity index (χ4n) is 4.22. The normalized spacial score (nSPS) is 17.1. The molecule has 2 heterocycles. The van der Waals surface area contributed by atoms with Gasteiger partial charge >= 0.3 is 0 Å². The number of ether oxygens (including phenoxy) is 3. The molecule has 0 aromatic heterocycles. The van der Waals surface area contributed by atoms with Crippen LogP contribution in [-0.2, 0) is 16.0 Å². The first-order valence-corrected chi connectivity index (χ1v) is 11.7. The average Bonchev–Trinajstić information content (AvgIpc) is 3.28. The Hall–Kier alpha value is -2.54. The van der Waals surface area contributed by atoms with Gasteiger partial charge in [-0.05, 0) is 69.8 Å². The number of nitrogens with one attached hydrogen (secondary N) is 1. The van der Waals surface area contributed by atoms with Crippen LogP contribution in [0.4, 0.5) is 0 Å². The Labute approximate surface area is 191 Å². The SMILES string of the molecule is C=C(C)N=C(CCCCC(=O)N[C@@H](Cc1ccc2c(c1)OCCO2)CN1CCCC1)OC. The summed E-state index contributed by atoms with van der Waals surface area (Å²) in [6.45, 7) is 9.87. The number of carbonyl (C=O) groups is 1. The molecular formula is C25H37N3O4. The van der Waals surface area contributed by atoms with Gasteiger partial charge in [0.25, 0.3) is 0 Å². The van der Waals surface area contributed by atoms with Crippen molar-refractivity contribution in [3.8, 4) is 11.5 Å². The van der Waals surface area contributed by atoms with Gasteiger partial charge in [0.2, 0.25) is 5.91 Å². The third kappa shape index (κ3) is 7.86. The first kappa shape index (κ1) is 24.1. The fraction of sp³-hybridized carbons (Fsp3) is 0.600. The van der Waals surface area contributed by atoms with E-state index in [9.17, 15) is 4.79 Å². The molecule has 0 spiro atoms. The number of carbonyl (C=O) groups excluding carboxylic acids is 1. The van der Waals surface area contributed by atoms with Crippen LogP contribution >= 0.6 is 0 Å². The lowest BCUT2D eigenvalue weighted by molar-refractivity contribution is -0.122. The van der Waals surface area contributed by atoms with Gasteiger partial charge in [0, 0.05) is 31.1 Å². The summed E-state index contributed by atoms with van der Waals surface area (Å²) in [5.41, 5.74) is 1.88. The maximum absolute atomic E-state index is 12.7. The van der Waals surface area contributed by atoms with Gasteiger partial charge < -0.3 is 24.4 Å². The van der Waals surface area contributed by atoms with Crippen LogP contribution in [0.2, 0.25) is 0 Å². The summed E-state index contributed by atoms with van der Waals surface area (Å²) in [5, 5.41) is 3.28. The van der Waals surface area contributed by atoms with E-state index in [2.05, 4.69) is 27.9 Å². The van der Waals surface area contributed by atoms with Crippen molar-refractivity contribution in [2.75, 3.05) is 40.0 Å². The number of rotatable bonds is 11. The van der Waals surface area contributed by atoms with Crippen LogP contribution in [0.25, 0.3) is 0 Å². The lowest BCUT2D eigenvalue weighted by Gasteiger charge is -2.25. The van der Waals surface area contributed by atoms with Crippen LogP contribution in [0.5, 0.6) is 11.5 Å². The molecule has 7 heteroatoms. The number of fused-ring (bicyclic) bond motifs is 1. The second-order valence-corrected chi connectivity index (χ2v) is 8.61. The van der Waals surface area contributed by atoms with E-state index in [1.807, 2.05) is 19.1 Å². The summed E-state index contributed by atoms with van der Waals surface area (Å²) < 4.78 is 16.6. The van der Waals surface area contributed by atoms with E-state index in [0.717, 1.165) is 61.7 Å². The van der Waals surface area contributed by atoms with Gasteiger partial charge in [-0.3, -0.25) is 4.79 Å². The van der Waals surface area contributed by atoms with E-state index in [1.54, 1.807) is 7.11 Å². The molecule has 1 atom stereocenters. The van der Waals surface area contributed by atoms with E-state index in [0.29, 0.717) is 32.0 Å². The number of allylic oxidation sites excluding steroid dienone is 1. The Bertz CT molecular complexity index is 802. The number of amides is 1. The second-order valence-electron chi connectivity index (χ2n) is 8.61. The zero-order valence-electron chi connectivity index (χ0n) is 19.5. The van der Waals surface area contributed by atoms with E-state index in [4.69, 9.17) is 14.2 Å². The van der Waals surface area contributed by atoms with Crippen molar-refractivity contribution in [2.45, 2.75) is 57.9 Å². The lowest BCUT2D eigenvalue weighted by atomic mass is 10.0. The Kier molecular flexibility index (Phi) is 9.41. The number of hydrogen-bond donors (Lipinski definition) is 1. The van der Waals surface area contributed by atoms with Crippen molar-refractivity contribution in [3.63, 3.8) is 0 Å². The topological polar surface area (TPSA) is 72.4 Å². The molecule has 1 amide bonds. The number of likely N-dealkylation sites (tertiary alicyclic amines) is 1. The van der Waals surface area contributed by atoms with Gasteiger partial charge in [-0.1, -0.05) is 12.6 Å². The highest BCUT2D eigenvalue weighted by Crippen LogP contribution is 2.31. The molecule has 0 aliphatic carbocycles. The third-order valence-corrected chi connectivity index (χ3v) is 5.73. The quantitative estimate of drug-likeness (QED) is 0.321. The minimum Gasteiger partial charge on any atom is -0.486 e. The van der Waals surface area contributed by atoms with Crippen molar-refractivity contribution < 1.29 is 19.0 Å². The molecule has 0 unspecified atom stereocenters. The highest BCUT2D eigenvalue weighted by molar-refractivity contribution is 5.77. The molecule has 1 aromatic carbocycles. The van der Waals surface area contributed by atoms with Crippen molar-refractivity contribution in [1.29, 1.82) is 0 Å². The smallest absolute Gasteiger partial charge is 0.220 e. The van der Waals surface area contributed by atoms with Crippen LogP contribution < -0.4 is 14.8 Å². The molecule has 176 valence electrons.